The molecule has 1 aromatic carbocycles. The van der Waals surface area contributed by atoms with Crippen molar-refractivity contribution in [3.63, 3.8) is 0 Å². The second kappa shape index (κ2) is 7.93. The van der Waals surface area contributed by atoms with Gasteiger partial charge in [-0.15, -0.1) is 0 Å². The molecule has 1 aromatic rings. The van der Waals surface area contributed by atoms with Gasteiger partial charge in [-0.25, -0.2) is 0 Å². The van der Waals surface area contributed by atoms with Gasteiger partial charge in [-0.3, -0.25) is 4.79 Å². The van der Waals surface area contributed by atoms with Gasteiger partial charge in [0.2, 0.25) is 5.91 Å². The first-order chi connectivity index (χ1) is 10.5. The van der Waals surface area contributed by atoms with Crippen LogP contribution in [0.2, 0.25) is 0 Å². The average molecular weight is 365 g/mol. The normalized spacial score (nSPS) is 17.3. The van der Waals surface area contributed by atoms with Crippen molar-refractivity contribution in [2.24, 2.45) is 0 Å². The minimum Gasteiger partial charge on any atom is -0.339 e. The smallest absolute Gasteiger partial charge is 0.246 e. The minimum absolute atomic E-state index is 0.0888. The molecule has 0 N–H and O–H groups in total. The molecule has 0 aliphatic carbocycles. The van der Waals surface area contributed by atoms with Crippen LogP contribution in [-0.4, -0.2) is 47.9 Å². The monoisotopic (exact) mass is 364 g/mol. The molecular weight excluding hydrogens is 340 g/mol. The molecule has 1 saturated heterocycles. The minimum atomic E-state index is 0.0888. The van der Waals surface area contributed by atoms with E-state index in [-0.39, 0.29) is 5.91 Å². The van der Waals surface area contributed by atoms with Crippen molar-refractivity contribution in [2.45, 2.75) is 38.8 Å². The zero-order valence-electron chi connectivity index (χ0n) is 13.6. The Kier molecular flexibility index (Phi) is 6.21. The molecule has 0 saturated carbocycles. The van der Waals surface area contributed by atoms with Crippen LogP contribution < -0.4 is 0 Å². The second-order valence-corrected chi connectivity index (χ2v) is 7.11. The fraction of sp³-hybridized carbons (Fsp3) is 0.500. The molecule has 1 amide bonds. The van der Waals surface area contributed by atoms with Crippen LogP contribution in [0.15, 0.2) is 34.8 Å². The first-order valence-electron chi connectivity index (χ1n) is 7.92. The Morgan fingerprint density at radius 2 is 1.86 bits per heavy atom. The topological polar surface area (TPSA) is 23.6 Å². The van der Waals surface area contributed by atoms with E-state index in [9.17, 15) is 4.79 Å². The maximum Gasteiger partial charge on any atom is 0.246 e. The molecule has 0 bridgehead atoms. The molecule has 22 heavy (non-hydrogen) atoms. The Morgan fingerprint density at radius 1 is 1.27 bits per heavy atom. The van der Waals surface area contributed by atoms with Crippen molar-refractivity contribution in [1.82, 2.24) is 9.80 Å². The van der Waals surface area contributed by atoms with Crippen LogP contribution in [-0.2, 0) is 4.79 Å². The largest absolute Gasteiger partial charge is 0.339 e. The summed E-state index contributed by atoms with van der Waals surface area (Å²) < 4.78 is 1.05. The van der Waals surface area contributed by atoms with Crippen molar-refractivity contribution in [3.8, 4) is 0 Å². The standard InChI is InChI=1S/C18H25BrN2O/c1-14(2)21-12-10-17(11-13-21)20(3)18(22)9-6-15-4-7-16(19)8-5-15/h4-9,14,17H,10-13H2,1-3H3. The Labute approximate surface area is 142 Å². The number of likely N-dealkylation sites (N-methyl/N-ethyl adjacent to an activating group) is 1. The zero-order chi connectivity index (χ0) is 16.1. The first kappa shape index (κ1) is 17.2. The summed E-state index contributed by atoms with van der Waals surface area (Å²) in [6.07, 6.45) is 5.69. The van der Waals surface area contributed by atoms with Gasteiger partial charge < -0.3 is 9.80 Å². The number of hydrogen-bond acceptors (Lipinski definition) is 2. The summed E-state index contributed by atoms with van der Waals surface area (Å²) in [5.74, 6) is 0.0888. The van der Waals surface area contributed by atoms with E-state index in [0.29, 0.717) is 12.1 Å². The van der Waals surface area contributed by atoms with E-state index in [1.165, 1.54) is 0 Å². The van der Waals surface area contributed by atoms with Crippen LogP contribution in [0.1, 0.15) is 32.3 Å². The van der Waals surface area contributed by atoms with Crippen molar-refractivity contribution in [3.05, 3.63) is 40.4 Å². The van der Waals surface area contributed by atoms with E-state index in [4.69, 9.17) is 0 Å². The highest BCUT2D eigenvalue weighted by molar-refractivity contribution is 9.10. The van der Waals surface area contributed by atoms with E-state index >= 15 is 0 Å². The van der Waals surface area contributed by atoms with Crippen LogP contribution in [0.25, 0.3) is 6.08 Å². The van der Waals surface area contributed by atoms with Gasteiger partial charge in [0, 0.05) is 42.8 Å². The number of rotatable bonds is 4. The second-order valence-electron chi connectivity index (χ2n) is 6.19. The number of benzene rings is 1. The van der Waals surface area contributed by atoms with E-state index in [2.05, 4.69) is 34.7 Å². The predicted molar refractivity (Wildman–Crippen MR) is 95.7 cm³/mol. The molecule has 120 valence electrons. The maximum atomic E-state index is 12.3. The van der Waals surface area contributed by atoms with Gasteiger partial charge >= 0.3 is 0 Å². The molecule has 0 atom stereocenters. The van der Waals surface area contributed by atoms with Crippen LogP contribution in [0.4, 0.5) is 0 Å². The predicted octanol–water partition coefficient (Wildman–Crippen LogP) is 3.79. The number of amides is 1. The quantitative estimate of drug-likeness (QED) is 0.758. The van der Waals surface area contributed by atoms with Gasteiger partial charge in [0.25, 0.3) is 0 Å². The molecule has 0 radical (unpaired) electrons. The molecule has 3 nitrogen and oxygen atoms in total. The van der Waals surface area contributed by atoms with Gasteiger partial charge in [-0.2, -0.15) is 0 Å². The first-order valence-corrected chi connectivity index (χ1v) is 8.71. The van der Waals surface area contributed by atoms with Crippen LogP contribution >= 0.6 is 15.9 Å². The van der Waals surface area contributed by atoms with Crippen molar-refractivity contribution in [1.29, 1.82) is 0 Å². The Morgan fingerprint density at radius 3 is 2.41 bits per heavy atom. The summed E-state index contributed by atoms with van der Waals surface area (Å²) in [5, 5.41) is 0. The summed E-state index contributed by atoms with van der Waals surface area (Å²) in [5.41, 5.74) is 1.04. The fourth-order valence-corrected chi connectivity index (χ4v) is 3.09. The highest BCUT2D eigenvalue weighted by atomic mass is 79.9. The van der Waals surface area contributed by atoms with Crippen LogP contribution in [0, 0.1) is 0 Å². The van der Waals surface area contributed by atoms with Crippen molar-refractivity contribution >= 4 is 27.9 Å². The van der Waals surface area contributed by atoms with Crippen molar-refractivity contribution < 1.29 is 4.79 Å². The van der Waals surface area contributed by atoms with E-state index in [0.717, 1.165) is 36.0 Å². The zero-order valence-corrected chi connectivity index (χ0v) is 15.2. The average Bonchev–Trinajstić information content (AvgIpc) is 2.53. The van der Waals surface area contributed by atoms with Crippen molar-refractivity contribution in [2.75, 3.05) is 20.1 Å². The molecule has 1 aliphatic rings. The molecule has 4 heteroatoms. The molecule has 1 fully saturated rings. The number of halogens is 1. The van der Waals surface area contributed by atoms with Crippen LogP contribution in [0.3, 0.4) is 0 Å². The van der Waals surface area contributed by atoms with E-state index in [1.807, 2.05) is 42.3 Å². The fourth-order valence-electron chi connectivity index (χ4n) is 2.83. The Hall–Kier alpha value is -1.13. The summed E-state index contributed by atoms with van der Waals surface area (Å²) in [6.45, 7) is 6.62. The third kappa shape index (κ3) is 4.68. The van der Waals surface area contributed by atoms with Gasteiger partial charge in [0.1, 0.15) is 0 Å². The summed E-state index contributed by atoms with van der Waals surface area (Å²) in [7, 11) is 1.92. The van der Waals surface area contributed by atoms with Gasteiger partial charge in [0.05, 0.1) is 0 Å². The lowest BCUT2D eigenvalue weighted by Gasteiger charge is -2.38. The summed E-state index contributed by atoms with van der Waals surface area (Å²) in [4.78, 5) is 16.7. The lowest BCUT2D eigenvalue weighted by Crippen LogP contribution is -2.47. The number of nitrogens with zero attached hydrogens (tertiary/aromatic N) is 2. The molecule has 1 heterocycles. The molecule has 1 aliphatic heterocycles. The maximum absolute atomic E-state index is 12.3. The number of carbonyl (C=O) groups excluding carboxylic acids is 1. The van der Waals surface area contributed by atoms with E-state index in [1.54, 1.807) is 6.08 Å². The number of likely N-dealkylation sites (tertiary alicyclic amines) is 1. The summed E-state index contributed by atoms with van der Waals surface area (Å²) >= 11 is 3.41. The highest BCUT2D eigenvalue weighted by Crippen LogP contribution is 2.18. The van der Waals surface area contributed by atoms with Gasteiger partial charge in [-0.1, -0.05) is 28.1 Å². The lowest BCUT2D eigenvalue weighted by molar-refractivity contribution is -0.127. The molecule has 0 aromatic heterocycles. The molecular formula is C18H25BrN2O. The third-order valence-electron chi connectivity index (χ3n) is 4.41. The number of hydrogen-bond donors (Lipinski definition) is 0. The van der Waals surface area contributed by atoms with Gasteiger partial charge in [-0.05, 0) is 50.5 Å². The number of piperidine rings is 1. The Bertz CT molecular complexity index is 516. The van der Waals surface area contributed by atoms with Crippen LogP contribution in [0.5, 0.6) is 0 Å². The third-order valence-corrected chi connectivity index (χ3v) is 4.94. The molecule has 0 spiro atoms. The lowest BCUT2D eigenvalue weighted by atomic mass is 10.0. The molecule has 2 rings (SSSR count). The molecule has 0 unspecified atom stereocenters. The van der Waals surface area contributed by atoms with Gasteiger partial charge in [0.15, 0.2) is 0 Å². The summed E-state index contributed by atoms with van der Waals surface area (Å²) in [6, 6.07) is 8.91. The van der Waals surface area contributed by atoms with E-state index < -0.39 is 0 Å². The Balaban J connectivity index is 1.88. The SMILES string of the molecule is CC(C)N1CCC(N(C)C(=O)C=Cc2ccc(Br)cc2)CC1. The number of carbonyl (C=O) groups is 1. The highest BCUT2D eigenvalue weighted by Gasteiger charge is 2.25.